The number of rotatable bonds is 4. The predicted molar refractivity (Wildman–Crippen MR) is 145 cm³/mol. The molecule has 2 aliphatic heterocycles. The smallest absolute Gasteiger partial charge is 0.338 e. The zero-order valence-corrected chi connectivity index (χ0v) is 20.9. The molecule has 38 heavy (non-hydrogen) atoms. The van der Waals surface area contributed by atoms with Gasteiger partial charge in [0.05, 0.1) is 12.1 Å². The molecule has 4 aliphatic rings. The minimum absolute atomic E-state index is 0.0766. The number of hydrogen-bond acceptors (Lipinski definition) is 8. The molecule has 2 aliphatic carbocycles. The summed E-state index contributed by atoms with van der Waals surface area (Å²) in [5.74, 6) is -1.41. The molecule has 6 rings (SSSR count). The number of esters is 2. The van der Waals surface area contributed by atoms with Gasteiger partial charge in [-0.05, 0) is 59.1 Å². The third-order valence-corrected chi connectivity index (χ3v) is 7.20. The van der Waals surface area contributed by atoms with E-state index in [4.69, 9.17) is 9.47 Å². The van der Waals surface area contributed by atoms with Gasteiger partial charge < -0.3 is 20.1 Å². The highest BCUT2D eigenvalue weighted by molar-refractivity contribution is 6.00. The summed E-state index contributed by atoms with van der Waals surface area (Å²) in [5, 5.41) is 6.06. The molecule has 2 atom stereocenters. The summed E-state index contributed by atoms with van der Waals surface area (Å²) in [6.45, 7) is 1.13. The number of nitrogens with zero attached hydrogens (tertiary/aromatic N) is 2. The molecule has 2 aromatic rings. The van der Waals surface area contributed by atoms with Gasteiger partial charge in [-0.25, -0.2) is 19.6 Å². The van der Waals surface area contributed by atoms with E-state index in [1.54, 1.807) is 0 Å². The average Bonchev–Trinajstić information content (AvgIpc) is 3.61. The second kappa shape index (κ2) is 10.5. The summed E-state index contributed by atoms with van der Waals surface area (Å²) in [6.07, 6.45) is 10.2. The molecule has 0 aromatic heterocycles. The number of hydrogen-bond donors (Lipinski definition) is 2. The molecule has 192 valence electrons. The molecule has 0 amide bonds. The highest BCUT2D eigenvalue weighted by atomic mass is 16.6. The van der Waals surface area contributed by atoms with Gasteiger partial charge in [0.1, 0.15) is 0 Å². The first-order chi connectivity index (χ1) is 18.6. The number of nitrogens with one attached hydrogen (secondary N) is 2. The van der Waals surface area contributed by atoms with E-state index >= 15 is 0 Å². The topological polar surface area (TPSA) is 101 Å². The number of fused-ring (bicyclic) bond motifs is 2. The Bertz CT molecular complexity index is 1330. The molecule has 8 heteroatoms. The third-order valence-electron chi connectivity index (χ3n) is 7.20. The van der Waals surface area contributed by atoms with Gasteiger partial charge in [-0.15, -0.1) is 0 Å². The summed E-state index contributed by atoms with van der Waals surface area (Å²) in [7, 11) is 0. The summed E-state index contributed by atoms with van der Waals surface area (Å²) < 4.78 is 10.5. The van der Waals surface area contributed by atoms with Crippen LogP contribution in [0.1, 0.15) is 35.1 Å². The Balaban J connectivity index is 1.01. The molecule has 2 N–H and O–H groups in total. The van der Waals surface area contributed by atoms with E-state index in [-0.39, 0.29) is 24.1 Å². The van der Waals surface area contributed by atoms with Gasteiger partial charge in [0.25, 0.3) is 12.0 Å². The Morgan fingerprint density at radius 2 is 1.13 bits per heavy atom. The lowest BCUT2D eigenvalue weighted by molar-refractivity contribution is -0.132. The highest BCUT2D eigenvalue weighted by Crippen LogP contribution is 2.29. The van der Waals surface area contributed by atoms with Crippen molar-refractivity contribution in [3.05, 3.63) is 94.1 Å². The van der Waals surface area contributed by atoms with Crippen LogP contribution in [0.4, 0.5) is 0 Å². The van der Waals surface area contributed by atoms with Crippen molar-refractivity contribution in [2.45, 2.75) is 37.8 Å². The molecule has 2 heterocycles. The fraction of sp³-hybridized carbons (Fsp3) is 0.267. The maximum absolute atomic E-state index is 12.2. The van der Waals surface area contributed by atoms with Crippen LogP contribution in [0.3, 0.4) is 0 Å². The van der Waals surface area contributed by atoms with Gasteiger partial charge in [-0.3, -0.25) is 0 Å². The molecule has 8 nitrogen and oxygen atoms in total. The van der Waals surface area contributed by atoms with Crippen molar-refractivity contribution in [1.82, 2.24) is 10.6 Å². The molecule has 0 saturated carbocycles. The maximum atomic E-state index is 12.2. The zero-order valence-electron chi connectivity index (χ0n) is 20.9. The van der Waals surface area contributed by atoms with Crippen molar-refractivity contribution in [3.63, 3.8) is 0 Å². The van der Waals surface area contributed by atoms with E-state index in [1.165, 1.54) is 33.4 Å². The molecule has 0 unspecified atom stereocenters. The van der Waals surface area contributed by atoms with Crippen molar-refractivity contribution in [2.75, 3.05) is 13.1 Å². The Kier molecular flexibility index (Phi) is 6.60. The van der Waals surface area contributed by atoms with E-state index in [0.717, 1.165) is 37.8 Å². The minimum atomic E-state index is -0.706. The second-order valence-electron chi connectivity index (χ2n) is 9.67. The van der Waals surface area contributed by atoms with Crippen LogP contribution in [0.15, 0.2) is 81.8 Å². The van der Waals surface area contributed by atoms with E-state index < -0.39 is 11.9 Å². The number of benzene rings is 2. The molecule has 0 spiro atoms. The summed E-state index contributed by atoms with van der Waals surface area (Å²) in [5.41, 5.74) is 7.51. The van der Waals surface area contributed by atoms with Crippen LogP contribution >= 0.6 is 0 Å². The first kappa shape index (κ1) is 23.9. The number of carbonyl (C=O) groups is 2. The van der Waals surface area contributed by atoms with E-state index in [9.17, 15) is 9.59 Å². The van der Waals surface area contributed by atoms with Crippen LogP contribution in [0, 0.1) is 0 Å². The molecular weight excluding hydrogens is 480 g/mol. The van der Waals surface area contributed by atoms with Crippen LogP contribution in [0.25, 0.3) is 12.2 Å². The van der Waals surface area contributed by atoms with Gasteiger partial charge in [-0.1, -0.05) is 60.7 Å². The Labute approximate surface area is 220 Å². The Morgan fingerprint density at radius 3 is 1.61 bits per heavy atom. The van der Waals surface area contributed by atoms with Crippen molar-refractivity contribution < 1.29 is 19.1 Å². The number of aliphatic imine (C=N–C) groups is 2. The fourth-order valence-electron chi connectivity index (χ4n) is 5.21. The van der Waals surface area contributed by atoms with Crippen molar-refractivity contribution >= 4 is 36.1 Å². The fourth-order valence-corrected chi connectivity index (χ4v) is 5.21. The summed E-state index contributed by atoms with van der Waals surface area (Å²) in [4.78, 5) is 33.5. The Hall–Kier alpha value is -4.46. The SMILES string of the molecule is O=C(/C=C/C(=O)OC1=N[C@@H](C2=Cc3ccccc3CC2)CN1)OC1=N[C@@H](C2=Cc3ccccc3CC2)CN1. The van der Waals surface area contributed by atoms with Crippen LogP contribution in [0.5, 0.6) is 0 Å². The quantitative estimate of drug-likeness (QED) is 0.485. The summed E-state index contributed by atoms with van der Waals surface area (Å²) in [6, 6.07) is 16.8. The molecule has 2 aromatic carbocycles. The molecule has 0 bridgehead atoms. The number of aryl methyl sites for hydroxylation is 2. The van der Waals surface area contributed by atoms with Gasteiger partial charge in [-0.2, -0.15) is 0 Å². The van der Waals surface area contributed by atoms with E-state index in [1.807, 2.05) is 12.1 Å². The Morgan fingerprint density at radius 1 is 0.684 bits per heavy atom. The zero-order chi connectivity index (χ0) is 25.9. The van der Waals surface area contributed by atoms with Crippen molar-refractivity contribution in [2.24, 2.45) is 9.98 Å². The van der Waals surface area contributed by atoms with Crippen molar-refractivity contribution in [3.8, 4) is 0 Å². The van der Waals surface area contributed by atoms with E-state index in [2.05, 4.69) is 69.2 Å². The molecular formula is C30H28N4O4. The number of amidine groups is 2. The first-order valence-electron chi connectivity index (χ1n) is 12.9. The lowest BCUT2D eigenvalue weighted by atomic mass is 9.89. The van der Waals surface area contributed by atoms with Crippen molar-refractivity contribution in [1.29, 1.82) is 0 Å². The number of ether oxygens (including phenoxy) is 2. The summed E-state index contributed by atoms with van der Waals surface area (Å²) >= 11 is 0. The maximum Gasteiger partial charge on any atom is 0.338 e. The monoisotopic (exact) mass is 508 g/mol. The first-order valence-corrected chi connectivity index (χ1v) is 12.9. The third kappa shape index (κ3) is 5.29. The van der Waals surface area contributed by atoms with Gasteiger partial charge in [0.2, 0.25) is 0 Å². The lowest BCUT2D eigenvalue weighted by Gasteiger charge is -2.18. The van der Waals surface area contributed by atoms with Gasteiger partial charge >= 0.3 is 11.9 Å². The van der Waals surface area contributed by atoms with Crippen LogP contribution in [-0.2, 0) is 31.9 Å². The van der Waals surface area contributed by atoms with Crippen LogP contribution in [-0.4, -0.2) is 49.2 Å². The molecule has 0 radical (unpaired) electrons. The van der Waals surface area contributed by atoms with Gasteiger partial charge in [0.15, 0.2) is 0 Å². The van der Waals surface area contributed by atoms with Crippen LogP contribution < -0.4 is 10.6 Å². The lowest BCUT2D eigenvalue weighted by Crippen LogP contribution is -2.26. The normalized spacial score (nSPS) is 21.7. The van der Waals surface area contributed by atoms with Gasteiger partial charge in [0, 0.05) is 25.2 Å². The number of carbonyl (C=O) groups excluding carboxylic acids is 2. The highest BCUT2D eigenvalue weighted by Gasteiger charge is 2.26. The molecule has 0 fully saturated rings. The largest absolute Gasteiger partial charge is 0.389 e. The standard InChI is InChI=1S/C30H28N4O4/c35-27(37-29-31-17-25(33-29)23-11-9-19-5-1-3-7-21(19)15-23)13-14-28(36)38-30-32-18-26(34-30)24-12-10-20-6-2-4-8-22(20)16-24/h1-8,13-16,25-26H,9-12,17-18H2,(H,31,33)(H,32,34)/b14-13+/t25-,26-/m1/s1. The minimum Gasteiger partial charge on any atom is -0.389 e. The second-order valence-corrected chi connectivity index (χ2v) is 9.67. The van der Waals surface area contributed by atoms with E-state index in [0.29, 0.717) is 13.1 Å². The average molecular weight is 509 g/mol. The molecule has 0 saturated heterocycles. The predicted octanol–water partition coefficient (Wildman–Crippen LogP) is 3.34. The van der Waals surface area contributed by atoms with Crippen LogP contribution in [0.2, 0.25) is 0 Å².